The molecule has 0 atom stereocenters. The van der Waals surface area contributed by atoms with Gasteiger partial charge in [0.15, 0.2) is 0 Å². The highest BCUT2D eigenvalue weighted by atomic mass is 35.5. The van der Waals surface area contributed by atoms with E-state index in [0.717, 1.165) is 11.0 Å². The van der Waals surface area contributed by atoms with Crippen molar-refractivity contribution in [3.8, 4) is 11.5 Å². The van der Waals surface area contributed by atoms with E-state index in [1.165, 1.54) is 7.11 Å². The zero-order valence-electron chi connectivity index (χ0n) is 13.7. The minimum Gasteiger partial charge on any atom is -0.465 e. The minimum absolute atomic E-state index is 0.276. The predicted octanol–water partition coefficient (Wildman–Crippen LogP) is 2.68. The van der Waals surface area contributed by atoms with E-state index in [4.69, 9.17) is 25.7 Å². The van der Waals surface area contributed by atoms with Crippen LogP contribution in [-0.2, 0) is 16.0 Å². The molecule has 0 radical (unpaired) electrons. The number of halogens is 1. The lowest BCUT2D eigenvalue weighted by atomic mass is 9.80. The molecule has 130 valence electrons. The summed E-state index contributed by atoms with van der Waals surface area (Å²) in [4.78, 5) is 16.1. The molecule has 6 nitrogen and oxygen atoms in total. The minimum atomic E-state index is -0.905. The second kappa shape index (κ2) is 6.61. The van der Waals surface area contributed by atoms with Gasteiger partial charge in [-0.15, -0.1) is 0 Å². The van der Waals surface area contributed by atoms with Crippen molar-refractivity contribution in [1.29, 1.82) is 0 Å². The quantitative estimate of drug-likeness (QED) is 0.434. The molecule has 1 aliphatic heterocycles. The summed E-state index contributed by atoms with van der Waals surface area (Å²) in [5, 5.41) is 10.6. The summed E-state index contributed by atoms with van der Waals surface area (Å²) in [6.07, 6.45) is 0. The van der Waals surface area contributed by atoms with E-state index in [0.29, 0.717) is 34.6 Å². The van der Waals surface area contributed by atoms with E-state index in [2.05, 4.69) is 4.98 Å². The maximum Gasteiger partial charge on any atom is 0.491 e. The van der Waals surface area contributed by atoms with E-state index in [9.17, 15) is 9.82 Å². The molecule has 0 bridgehead atoms. The van der Waals surface area contributed by atoms with E-state index in [1.54, 1.807) is 42.5 Å². The number of methoxy groups -OCH3 is 1. The molecular formula is C18H13BClNO5. The molecule has 0 spiro atoms. The average molecular weight is 370 g/mol. The van der Waals surface area contributed by atoms with Gasteiger partial charge in [-0.1, -0.05) is 17.7 Å². The van der Waals surface area contributed by atoms with E-state index < -0.39 is 13.1 Å². The Morgan fingerprint density at radius 2 is 2.12 bits per heavy atom. The number of hydrogen-bond acceptors (Lipinski definition) is 6. The molecule has 8 heteroatoms. The van der Waals surface area contributed by atoms with Gasteiger partial charge in [0.25, 0.3) is 0 Å². The van der Waals surface area contributed by atoms with Crippen LogP contribution in [0.3, 0.4) is 0 Å². The van der Waals surface area contributed by atoms with Crippen molar-refractivity contribution in [2.24, 2.45) is 0 Å². The first-order valence-electron chi connectivity index (χ1n) is 7.84. The fourth-order valence-electron chi connectivity index (χ4n) is 2.89. The maximum atomic E-state index is 11.8. The number of nitrogens with zero attached hydrogens (tertiary/aromatic N) is 1. The van der Waals surface area contributed by atoms with Crippen LogP contribution in [0.25, 0.3) is 10.9 Å². The van der Waals surface area contributed by atoms with Crippen molar-refractivity contribution in [1.82, 2.24) is 4.98 Å². The molecule has 3 aromatic rings. The highest BCUT2D eigenvalue weighted by Crippen LogP contribution is 2.33. The molecule has 2 heterocycles. The van der Waals surface area contributed by atoms with E-state index in [-0.39, 0.29) is 5.15 Å². The van der Waals surface area contributed by atoms with Crippen LogP contribution in [0.1, 0.15) is 15.9 Å². The number of carbonyl (C=O) groups excluding carboxylic acids is 1. The Bertz CT molecular complexity index is 1030. The number of rotatable bonds is 3. The van der Waals surface area contributed by atoms with E-state index >= 15 is 0 Å². The zero-order valence-corrected chi connectivity index (χ0v) is 14.5. The molecule has 0 fully saturated rings. The summed E-state index contributed by atoms with van der Waals surface area (Å²) in [5.41, 5.74) is 2.57. The average Bonchev–Trinajstić information content (AvgIpc) is 3.01. The lowest BCUT2D eigenvalue weighted by Crippen LogP contribution is -2.27. The monoisotopic (exact) mass is 369 g/mol. The van der Waals surface area contributed by atoms with Crippen molar-refractivity contribution in [2.75, 3.05) is 7.11 Å². The lowest BCUT2D eigenvalue weighted by molar-refractivity contribution is 0.0601. The van der Waals surface area contributed by atoms with Crippen LogP contribution in [0.4, 0.5) is 0 Å². The fraction of sp³-hybridized carbons (Fsp3) is 0.111. The Hall–Kier alpha value is -2.61. The summed E-state index contributed by atoms with van der Waals surface area (Å²) in [6, 6.07) is 11.8. The van der Waals surface area contributed by atoms with Gasteiger partial charge in [0.1, 0.15) is 16.7 Å². The molecule has 1 N–H and O–H groups in total. The SMILES string of the molecule is COC(=O)c1ccc2nc(Cl)cc(Oc3ccc4c(c3)COB4O)c2c1. The van der Waals surface area contributed by atoms with Crippen molar-refractivity contribution >= 4 is 41.1 Å². The molecule has 26 heavy (non-hydrogen) atoms. The van der Waals surface area contributed by atoms with Gasteiger partial charge in [-0.05, 0) is 41.4 Å². The smallest absolute Gasteiger partial charge is 0.465 e. The van der Waals surface area contributed by atoms with Crippen LogP contribution in [-0.4, -0.2) is 30.2 Å². The van der Waals surface area contributed by atoms with Crippen LogP contribution < -0.4 is 10.2 Å². The first-order chi connectivity index (χ1) is 12.5. The number of benzene rings is 2. The number of hydrogen-bond donors (Lipinski definition) is 1. The van der Waals surface area contributed by atoms with Crippen LogP contribution in [0.2, 0.25) is 5.15 Å². The Balaban J connectivity index is 1.77. The summed E-state index contributed by atoms with van der Waals surface area (Å²) in [6.45, 7) is 0.317. The summed E-state index contributed by atoms with van der Waals surface area (Å²) in [7, 11) is 0.420. The van der Waals surface area contributed by atoms with Gasteiger partial charge >= 0.3 is 13.1 Å². The lowest BCUT2D eigenvalue weighted by Gasteiger charge is -2.11. The fourth-order valence-corrected chi connectivity index (χ4v) is 3.08. The van der Waals surface area contributed by atoms with Gasteiger partial charge in [-0.2, -0.15) is 0 Å². The first-order valence-corrected chi connectivity index (χ1v) is 8.22. The number of carbonyl (C=O) groups is 1. The summed E-state index contributed by atoms with van der Waals surface area (Å²) >= 11 is 6.10. The third kappa shape index (κ3) is 3.01. The largest absolute Gasteiger partial charge is 0.491 e. The van der Waals surface area contributed by atoms with Gasteiger partial charge in [0.05, 0.1) is 24.8 Å². The first kappa shape index (κ1) is 16.8. The Morgan fingerprint density at radius 3 is 2.92 bits per heavy atom. The van der Waals surface area contributed by atoms with Crippen LogP contribution in [0, 0.1) is 0 Å². The number of aromatic nitrogens is 1. The third-order valence-corrected chi connectivity index (χ3v) is 4.36. The highest BCUT2D eigenvalue weighted by molar-refractivity contribution is 6.61. The van der Waals surface area contributed by atoms with Crippen LogP contribution >= 0.6 is 11.6 Å². The second-order valence-electron chi connectivity index (χ2n) is 5.79. The molecule has 2 aromatic carbocycles. The Morgan fingerprint density at radius 1 is 1.27 bits per heavy atom. The normalized spacial score (nSPS) is 13.0. The molecular weight excluding hydrogens is 356 g/mol. The molecule has 0 saturated carbocycles. The third-order valence-electron chi connectivity index (χ3n) is 4.17. The van der Waals surface area contributed by atoms with Gasteiger partial charge in [-0.3, -0.25) is 0 Å². The highest BCUT2D eigenvalue weighted by Gasteiger charge is 2.27. The molecule has 1 aliphatic rings. The van der Waals surface area contributed by atoms with Crippen LogP contribution in [0.15, 0.2) is 42.5 Å². The van der Waals surface area contributed by atoms with Crippen molar-refractivity contribution < 1.29 is 23.9 Å². The van der Waals surface area contributed by atoms with Crippen LogP contribution in [0.5, 0.6) is 11.5 Å². The molecule has 1 aromatic heterocycles. The summed E-state index contributed by atoms with van der Waals surface area (Å²) < 4.78 is 15.9. The molecule has 4 rings (SSSR count). The predicted molar refractivity (Wildman–Crippen MR) is 97.0 cm³/mol. The topological polar surface area (TPSA) is 77.9 Å². The maximum absolute atomic E-state index is 11.8. The van der Waals surface area contributed by atoms with E-state index in [1.807, 2.05) is 0 Å². The molecule has 0 unspecified atom stereocenters. The number of pyridine rings is 1. The standard InChI is InChI=1S/C18H13BClNO5/c1-24-18(22)10-2-5-15-13(7-10)16(8-17(20)21-15)26-12-3-4-14-11(6-12)9-25-19(14)23/h2-8,23H,9H2,1H3. The van der Waals surface area contributed by atoms with Crippen molar-refractivity contribution in [3.05, 3.63) is 58.7 Å². The van der Waals surface area contributed by atoms with Gasteiger partial charge in [0.2, 0.25) is 0 Å². The Labute approximate surface area is 154 Å². The number of ether oxygens (including phenoxy) is 2. The number of fused-ring (bicyclic) bond motifs is 2. The number of esters is 1. The molecule has 0 aliphatic carbocycles. The van der Waals surface area contributed by atoms with Gasteiger partial charge in [-0.25, -0.2) is 9.78 Å². The zero-order chi connectivity index (χ0) is 18.3. The molecule has 0 amide bonds. The molecule has 0 saturated heterocycles. The second-order valence-corrected chi connectivity index (χ2v) is 6.18. The summed E-state index contributed by atoms with van der Waals surface area (Å²) in [5.74, 6) is 0.579. The van der Waals surface area contributed by atoms with Crippen molar-refractivity contribution in [2.45, 2.75) is 6.61 Å². The van der Waals surface area contributed by atoms with Gasteiger partial charge < -0.3 is 19.2 Å². The van der Waals surface area contributed by atoms with Crippen molar-refractivity contribution in [3.63, 3.8) is 0 Å². The van der Waals surface area contributed by atoms with Gasteiger partial charge in [0, 0.05) is 11.5 Å². The Kier molecular flexibility index (Phi) is 4.28.